The lowest BCUT2D eigenvalue weighted by Crippen LogP contribution is -2.60. The zero-order valence-corrected chi connectivity index (χ0v) is 16.3. The van der Waals surface area contributed by atoms with E-state index in [2.05, 4.69) is 17.5 Å². The summed E-state index contributed by atoms with van der Waals surface area (Å²) in [5.74, 6) is 2.95. The van der Waals surface area contributed by atoms with Crippen LogP contribution in [0, 0.1) is 23.7 Å². The summed E-state index contributed by atoms with van der Waals surface area (Å²) >= 11 is 0. The average molecular weight is 381 g/mol. The molecule has 0 unspecified atom stereocenters. The van der Waals surface area contributed by atoms with E-state index in [-0.39, 0.29) is 24.5 Å². The Balaban J connectivity index is 1.37. The van der Waals surface area contributed by atoms with Crippen molar-refractivity contribution in [2.75, 3.05) is 11.9 Å². The molecule has 0 atom stereocenters. The zero-order valence-electron chi connectivity index (χ0n) is 16.3. The highest BCUT2D eigenvalue weighted by Gasteiger charge is 2.58. The molecule has 5 aliphatic rings. The fraction of sp³-hybridized carbons (Fsp3) is 0.565. The summed E-state index contributed by atoms with van der Waals surface area (Å²) in [4.78, 5) is 23.8. The smallest absolute Gasteiger partial charge is 0.315 e. The van der Waals surface area contributed by atoms with Crippen LogP contribution in [0.3, 0.4) is 0 Å². The molecule has 4 bridgehead atoms. The van der Waals surface area contributed by atoms with Crippen molar-refractivity contribution in [1.82, 2.24) is 0 Å². The molecule has 4 aliphatic carbocycles. The van der Waals surface area contributed by atoms with Gasteiger partial charge in [0.2, 0.25) is 5.91 Å². The number of ether oxygens (including phenoxy) is 2. The second kappa shape index (κ2) is 6.64. The maximum absolute atomic E-state index is 12.2. The van der Waals surface area contributed by atoms with Crippen LogP contribution in [0.1, 0.15) is 51.0 Å². The highest BCUT2D eigenvalue weighted by Crippen LogP contribution is 2.61. The van der Waals surface area contributed by atoms with Gasteiger partial charge in [-0.15, -0.1) is 0 Å². The predicted octanol–water partition coefficient (Wildman–Crippen LogP) is 4.18. The fourth-order valence-corrected chi connectivity index (χ4v) is 6.25. The molecule has 1 aromatic carbocycles. The van der Waals surface area contributed by atoms with Crippen molar-refractivity contribution in [2.45, 2.75) is 51.0 Å². The molecule has 1 aromatic rings. The number of hydrogen-bond donors (Lipinski definition) is 1. The van der Waals surface area contributed by atoms with Crippen molar-refractivity contribution in [3.63, 3.8) is 0 Å². The summed E-state index contributed by atoms with van der Waals surface area (Å²) in [6.45, 7) is 2.00. The minimum atomic E-state index is -0.510. The standard InChI is InChI=1S/C23H27NO4/c1-2-27-22(26)13-21(25)24-19-4-3-5-20-18(19)6-7-23(28-20)16-9-14-8-15(11-16)12-17(23)10-14/h3-7,14-17H,2,8-13H2,1H3,(H,24,25). The largest absolute Gasteiger partial charge is 0.482 e. The number of carbonyl (C=O) groups is 2. The van der Waals surface area contributed by atoms with Gasteiger partial charge < -0.3 is 14.8 Å². The normalized spacial score (nSPS) is 34.0. The van der Waals surface area contributed by atoms with E-state index < -0.39 is 5.97 Å². The van der Waals surface area contributed by atoms with E-state index in [9.17, 15) is 9.59 Å². The molecular formula is C23H27NO4. The molecule has 4 fully saturated rings. The van der Waals surface area contributed by atoms with Crippen LogP contribution in [0.15, 0.2) is 24.3 Å². The van der Waals surface area contributed by atoms with Crippen LogP contribution in [0.2, 0.25) is 0 Å². The third kappa shape index (κ3) is 2.83. The van der Waals surface area contributed by atoms with Crippen LogP contribution in [-0.4, -0.2) is 24.1 Å². The van der Waals surface area contributed by atoms with Gasteiger partial charge in [0.1, 0.15) is 17.8 Å². The van der Waals surface area contributed by atoms with E-state index >= 15 is 0 Å². The summed E-state index contributed by atoms with van der Waals surface area (Å²) < 4.78 is 11.6. The van der Waals surface area contributed by atoms with E-state index in [4.69, 9.17) is 9.47 Å². The van der Waals surface area contributed by atoms with Gasteiger partial charge in [-0.05, 0) is 75.1 Å². The average Bonchev–Trinajstić information content (AvgIpc) is 2.65. The van der Waals surface area contributed by atoms with Crippen LogP contribution >= 0.6 is 0 Å². The summed E-state index contributed by atoms with van der Waals surface area (Å²) in [6.07, 6.45) is 10.7. The van der Waals surface area contributed by atoms with E-state index in [1.165, 1.54) is 32.1 Å². The first-order valence-electron chi connectivity index (χ1n) is 10.5. The van der Waals surface area contributed by atoms with Gasteiger partial charge in [0.25, 0.3) is 0 Å². The highest BCUT2D eigenvalue weighted by atomic mass is 16.5. The number of hydrogen-bond acceptors (Lipinski definition) is 4. The number of anilines is 1. The number of fused-ring (bicyclic) bond motifs is 1. The van der Waals surface area contributed by atoms with Crippen LogP contribution in [0.25, 0.3) is 6.08 Å². The lowest BCUT2D eigenvalue weighted by molar-refractivity contribution is -0.145. The molecule has 1 amide bonds. The quantitative estimate of drug-likeness (QED) is 0.628. The van der Waals surface area contributed by atoms with Gasteiger partial charge in [-0.1, -0.05) is 6.07 Å². The van der Waals surface area contributed by atoms with Crippen molar-refractivity contribution in [3.8, 4) is 5.75 Å². The number of carbonyl (C=O) groups excluding carboxylic acids is 2. The van der Waals surface area contributed by atoms with Crippen LogP contribution in [-0.2, 0) is 14.3 Å². The van der Waals surface area contributed by atoms with Gasteiger partial charge in [0, 0.05) is 17.4 Å². The van der Waals surface area contributed by atoms with Crippen molar-refractivity contribution in [3.05, 3.63) is 29.8 Å². The first kappa shape index (κ1) is 17.8. The van der Waals surface area contributed by atoms with Crippen LogP contribution in [0.4, 0.5) is 5.69 Å². The molecule has 28 heavy (non-hydrogen) atoms. The van der Waals surface area contributed by atoms with Gasteiger partial charge in [-0.3, -0.25) is 9.59 Å². The molecule has 5 heteroatoms. The monoisotopic (exact) mass is 381 g/mol. The highest BCUT2D eigenvalue weighted by molar-refractivity contribution is 6.03. The van der Waals surface area contributed by atoms with Crippen molar-refractivity contribution in [1.29, 1.82) is 0 Å². The SMILES string of the molecule is CCOC(=O)CC(=O)Nc1cccc2c1C=CC1(O2)C2CC3CC(C2)CC1C3. The molecule has 148 valence electrons. The van der Waals surface area contributed by atoms with Gasteiger partial charge in [0.05, 0.1) is 12.3 Å². The Bertz CT molecular complexity index is 815. The third-order valence-electron chi connectivity index (χ3n) is 7.16. The fourth-order valence-electron chi connectivity index (χ4n) is 6.25. The minimum absolute atomic E-state index is 0.173. The number of esters is 1. The molecule has 6 rings (SSSR count). The first-order valence-corrected chi connectivity index (χ1v) is 10.5. The molecular weight excluding hydrogens is 354 g/mol. The predicted molar refractivity (Wildman–Crippen MR) is 106 cm³/mol. The molecule has 0 saturated heterocycles. The van der Waals surface area contributed by atoms with E-state index in [1.54, 1.807) is 6.92 Å². The molecule has 0 radical (unpaired) electrons. The molecule has 1 N–H and O–H groups in total. The topological polar surface area (TPSA) is 64.6 Å². The van der Waals surface area contributed by atoms with Gasteiger partial charge in [0.15, 0.2) is 0 Å². The molecule has 1 heterocycles. The summed E-state index contributed by atoms with van der Waals surface area (Å²) in [5.41, 5.74) is 1.40. The van der Waals surface area contributed by atoms with Crippen molar-refractivity contribution in [2.24, 2.45) is 23.7 Å². The third-order valence-corrected chi connectivity index (χ3v) is 7.16. The molecule has 1 aliphatic heterocycles. The van der Waals surface area contributed by atoms with Crippen molar-refractivity contribution < 1.29 is 19.1 Å². The first-order chi connectivity index (χ1) is 13.6. The lowest BCUT2D eigenvalue weighted by atomic mass is 9.49. The number of nitrogens with one attached hydrogen (secondary N) is 1. The Morgan fingerprint density at radius 1 is 1.14 bits per heavy atom. The summed E-state index contributed by atoms with van der Waals surface area (Å²) in [5, 5.41) is 2.84. The molecule has 5 nitrogen and oxygen atoms in total. The maximum atomic E-state index is 12.2. The van der Waals surface area contributed by atoms with Crippen LogP contribution in [0.5, 0.6) is 5.75 Å². The lowest BCUT2D eigenvalue weighted by Gasteiger charge is -2.60. The molecule has 1 spiro atoms. The van der Waals surface area contributed by atoms with Gasteiger partial charge in [-0.2, -0.15) is 0 Å². The second-order valence-corrected chi connectivity index (χ2v) is 8.84. The van der Waals surface area contributed by atoms with E-state index in [1.807, 2.05) is 18.2 Å². The molecule has 4 saturated carbocycles. The van der Waals surface area contributed by atoms with Crippen molar-refractivity contribution >= 4 is 23.6 Å². The van der Waals surface area contributed by atoms with Gasteiger partial charge >= 0.3 is 5.97 Å². The second-order valence-electron chi connectivity index (χ2n) is 8.84. The Labute approximate surface area is 165 Å². The Hall–Kier alpha value is -2.30. The summed E-state index contributed by atoms with van der Waals surface area (Å²) in [7, 11) is 0. The van der Waals surface area contributed by atoms with Crippen LogP contribution < -0.4 is 10.1 Å². The number of amides is 1. The minimum Gasteiger partial charge on any atom is -0.482 e. The Kier molecular flexibility index (Phi) is 4.22. The maximum Gasteiger partial charge on any atom is 0.315 e. The molecule has 0 aromatic heterocycles. The summed E-state index contributed by atoms with van der Waals surface area (Å²) in [6, 6.07) is 5.75. The van der Waals surface area contributed by atoms with Gasteiger partial charge in [-0.25, -0.2) is 0 Å². The van der Waals surface area contributed by atoms with E-state index in [0.717, 1.165) is 23.1 Å². The Morgan fingerprint density at radius 2 is 1.86 bits per heavy atom. The van der Waals surface area contributed by atoms with E-state index in [0.29, 0.717) is 17.5 Å². The number of rotatable bonds is 4. The Morgan fingerprint density at radius 3 is 2.54 bits per heavy atom. The zero-order chi connectivity index (χ0) is 19.3. The number of benzene rings is 1.